The number of halogens is 3. The van der Waals surface area contributed by atoms with Gasteiger partial charge in [0.1, 0.15) is 5.75 Å². The largest absolute Gasteiger partial charge is 0.508 e. The molecule has 1 aromatic rings. The second-order valence-corrected chi connectivity index (χ2v) is 4.12. The maximum absolute atomic E-state index is 11.9. The van der Waals surface area contributed by atoms with Gasteiger partial charge in [0.2, 0.25) is 5.91 Å². The third kappa shape index (κ3) is 4.27. The van der Waals surface area contributed by atoms with E-state index in [-0.39, 0.29) is 5.75 Å². The molecule has 0 spiro atoms. The van der Waals surface area contributed by atoms with Crippen LogP contribution in [0.25, 0.3) is 0 Å². The van der Waals surface area contributed by atoms with Crippen molar-refractivity contribution >= 4 is 11.6 Å². The van der Waals surface area contributed by atoms with Gasteiger partial charge in [0.05, 0.1) is 6.42 Å². The number of hydrogen-bond donors (Lipinski definition) is 2. The molecular formula is C12H14F3NO2. The predicted molar refractivity (Wildman–Crippen MR) is 61.5 cm³/mol. The highest BCUT2D eigenvalue weighted by Gasteiger charge is 2.27. The number of phenols is 1. The molecule has 1 amide bonds. The van der Waals surface area contributed by atoms with Gasteiger partial charge in [0, 0.05) is 12.1 Å². The zero-order valence-electron chi connectivity index (χ0n) is 10.1. The Hall–Kier alpha value is -1.72. The Morgan fingerprint density at radius 2 is 1.89 bits per heavy atom. The molecule has 0 aromatic heterocycles. The minimum atomic E-state index is -4.34. The third-order valence-corrected chi connectivity index (χ3v) is 2.45. The molecule has 18 heavy (non-hydrogen) atoms. The van der Waals surface area contributed by atoms with Crippen molar-refractivity contribution in [2.75, 3.05) is 5.32 Å². The SMILES string of the molecule is Cc1cc(NC(=O)CCC(F)(F)F)c(C)cc1O. The number of anilines is 1. The van der Waals surface area contributed by atoms with Crippen LogP contribution in [0.1, 0.15) is 24.0 Å². The molecule has 100 valence electrons. The lowest BCUT2D eigenvalue weighted by molar-refractivity contribution is -0.142. The number of amides is 1. The molecule has 0 aliphatic rings. The first-order chi connectivity index (χ1) is 8.19. The van der Waals surface area contributed by atoms with Crippen LogP contribution in [-0.4, -0.2) is 17.2 Å². The molecule has 1 aromatic carbocycles. The summed E-state index contributed by atoms with van der Waals surface area (Å²) < 4.78 is 35.8. The van der Waals surface area contributed by atoms with Gasteiger partial charge in [-0.2, -0.15) is 13.2 Å². The van der Waals surface area contributed by atoms with E-state index in [1.54, 1.807) is 13.8 Å². The maximum atomic E-state index is 11.9. The fourth-order valence-corrected chi connectivity index (χ4v) is 1.40. The van der Waals surface area contributed by atoms with Crippen molar-refractivity contribution in [3.8, 4) is 5.75 Å². The highest BCUT2D eigenvalue weighted by Crippen LogP contribution is 2.26. The van der Waals surface area contributed by atoms with Crippen LogP contribution in [0.4, 0.5) is 18.9 Å². The Balaban J connectivity index is 2.68. The molecule has 3 nitrogen and oxygen atoms in total. The van der Waals surface area contributed by atoms with Crippen LogP contribution in [-0.2, 0) is 4.79 Å². The van der Waals surface area contributed by atoms with Crippen LogP contribution in [0.15, 0.2) is 12.1 Å². The lowest BCUT2D eigenvalue weighted by Crippen LogP contribution is -2.17. The highest BCUT2D eigenvalue weighted by molar-refractivity contribution is 5.91. The Labute approximate surface area is 103 Å². The third-order valence-electron chi connectivity index (χ3n) is 2.45. The quantitative estimate of drug-likeness (QED) is 0.820. The molecule has 0 atom stereocenters. The maximum Gasteiger partial charge on any atom is 0.389 e. The number of aromatic hydroxyl groups is 1. The summed E-state index contributed by atoms with van der Waals surface area (Å²) in [5.41, 5.74) is 1.56. The summed E-state index contributed by atoms with van der Waals surface area (Å²) in [5.74, 6) is -0.610. The van der Waals surface area contributed by atoms with Crippen molar-refractivity contribution in [1.29, 1.82) is 0 Å². The Morgan fingerprint density at radius 3 is 2.44 bits per heavy atom. The smallest absolute Gasteiger partial charge is 0.389 e. The second kappa shape index (κ2) is 5.29. The number of phenolic OH excluding ortho intramolecular Hbond substituents is 1. The summed E-state index contributed by atoms with van der Waals surface area (Å²) in [5, 5.41) is 11.8. The first-order valence-electron chi connectivity index (χ1n) is 5.36. The minimum absolute atomic E-state index is 0.0841. The molecule has 0 fully saturated rings. The van der Waals surface area contributed by atoms with Gasteiger partial charge in [-0.15, -0.1) is 0 Å². The van der Waals surface area contributed by atoms with Crippen LogP contribution in [0.3, 0.4) is 0 Å². The zero-order valence-corrected chi connectivity index (χ0v) is 10.1. The normalized spacial score (nSPS) is 11.4. The molecule has 0 heterocycles. The molecule has 0 aliphatic carbocycles. The van der Waals surface area contributed by atoms with Gasteiger partial charge in [-0.05, 0) is 37.1 Å². The number of hydrogen-bond acceptors (Lipinski definition) is 2. The Kier molecular flexibility index (Phi) is 4.21. The van der Waals surface area contributed by atoms with E-state index < -0.39 is 24.9 Å². The molecule has 0 aliphatic heterocycles. The second-order valence-electron chi connectivity index (χ2n) is 4.12. The van der Waals surface area contributed by atoms with Gasteiger partial charge in [-0.25, -0.2) is 0 Å². The molecule has 0 saturated heterocycles. The van der Waals surface area contributed by atoms with Crippen LogP contribution in [0.5, 0.6) is 5.75 Å². The fourth-order valence-electron chi connectivity index (χ4n) is 1.40. The molecule has 1 rings (SSSR count). The summed E-state index contributed by atoms with van der Waals surface area (Å²) in [6.45, 7) is 3.29. The first kappa shape index (κ1) is 14.3. The number of carbonyl (C=O) groups excluding carboxylic acids is 1. The monoisotopic (exact) mass is 261 g/mol. The van der Waals surface area contributed by atoms with Gasteiger partial charge in [0.15, 0.2) is 0 Å². The van der Waals surface area contributed by atoms with Crippen LogP contribution in [0.2, 0.25) is 0 Å². The zero-order chi connectivity index (χ0) is 13.9. The summed E-state index contributed by atoms with van der Waals surface area (Å²) in [6, 6.07) is 2.98. The lowest BCUT2D eigenvalue weighted by Gasteiger charge is -2.11. The van der Waals surface area contributed by atoms with E-state index in [1.807, 2.05) is 0 Å². The number of nitrogens with one attached hydrogen (secondary N) is 1. The number of rotatable bonds is 3. The molecule has 6 heteroatoms. The average Bonchev–Trinajstić information content (AvgIpc) is 2.22. The van der Waals surface area contributed by atoms with Gasteiger partial charge in [-0.3, -0.25) is 4.79 Å². The summed E-state index contributed by atoms with van der Waals surface area (Å²) in [7, 11) is 0. The Bertz CT molecular complexity index is 455. The van der Waals surface area contributed by atoms with E-state index in [0.29, 0.717) is 16.8 Å². The fraction of sp³-hybridized carbons (Fsp3) is 0.417. The summed E-state index contributed by atoms with van der Waals surface area (Å²) in [4.78, 5) is 11.3. The van der Waals surface area contributed by atoms with E-state index in [9.17, 15) is 23.1 Å². The molecule has 0 bridgehead atoms. The topological polar surface area (TPSA) is 49.3 Å². The number of benzene rings is 1. The standard InChI is InChI=1S/C12H14F3NO2/c1-7-6-10(17)8(2)5-9(7)16-11(18)3-4-12(13,14)15/h5-6,17H,3-4H2,1-2H3,(H,16,18). The average molecular weight is 261 g/mol. The molecule has 0 radical (unpaired) electrons. The summed E-state index contributed by atoms with van der Waals surface area (Å²) >= 11 is 0. The van der Waals surface area contributed by atoms with E-state index in [2.05, 4.69) is 5.32 Å². The van der Waals surface area contributed by atoms with Crippen molar-refractivity contribution in [3.05, 3.63) is 23.3 Å². The summed E-state index contributed by atoms with van der Waals surface area (Å²) in [6.07, 6.45) is -6.09. The number of alkyl halides is 3. The van der Waals surface area contributed by atoms with Gasteiger partial charge in [0.25, 0.3) is 0 Å². The molecule has 0 saturated carbocycles. The van der Waals surface area contributed by atoms with Crippen molar-refractivity contribution in [3.63, 3.8) is 0 Å². The van der Waals surface area contributed by atoms with Crippen LogP contribution >= 0.6 is 0 Å². The number of carbonyl (C=O) groups is 1. The van der Waals surface area contributed by atoms with E-state index in [4.69, 9.17) is 0 Å². The molecular weight excluding hydrogens is 247 g/mol. The van der Waals surface area contributed by atoms with E-state index in [1.165, 1.54) is 12.1 Å². The van der Waals surface area contributed by atoms with Crippen molar-refractivity contribution in [2.24, 2.45) is 0 Å². The van der Waals surface area contributed by atoms with Crippen molar-refractivity contribution < 1.29 is 23.1 Å². The van der Waals surface area contributed by atoms with E-state index >= 15 is 0 Å². The van der Waals surface area contributed by atoms with Crippen LogP contribution < -0.4 is 5.32 Å². The van der Waals surface area contributed by atoms with E-state index in [0.717, 1.165) is 0 Å². The van der Waals surface area contributed by atoms with Gasteiger partial charge < -0.3 is 10.4 Å². The van der Waals surface area contributed by atoms with Crippen molar-refractivity contribution in [1.82, 2.24) is 0 Å². The Morgan fingerprint density at radius 1 is 1.28 bits per heavy atom. The molecule has 2 N–H and O–H groups in total. The number of aryl methyl sites for hydroxylation is 2. The van der Waals surface area contributed by atoms with Gasteiger partial charge >= 0.3 is 6.18 Å². The first-order valence-corrected chi connectivity index (χ1v) is 5.36. The molecule has 0 unspecified atom stereocenters. The van der Waals surface area contributed by atoms with Gasteiger partial charge in [-0.1, -0.05) is 0 Å². The lowest BCUT2D eigenvalue weighted by atomic mass is 10.1. The van der Waals surface area contributed by atoms with Crippen molar-refractivity contribution in [2.45, 2.75) is 32.9 Å². The predicted octanol–water partition coefficient (Wildman–Crippen LogP) is 3.29. The van der Waals surface area contributed by atoms with Crippen LogP contribution in [0, 0.1) is 13.8 Å². The highest BCUT2D eigenvalue weighted by atomic mass is 19.4. The minimum Gasteiger partial charge on any atom is -0.508 e.